The molecule has 112 valence electrons. The molecule has 1 amide bonds. The molecule has 0 saturated carbocycles. The van der Waals surface area contributed by atoms with Crippen molar-refractivity contribution in [3.05, 3.63) is 17.7 Å². The maximum Gasteiger partial charge on any atom is 0.407 e. The number of rotatable bonds is 4. The Kier molecular flexibility index (Phi) is 5.07. The van der Waals surface area contributed by atoms with Gasteiger partial charge in [-0.25, -0.2) is 4.79 Å². The van der Waals surface area contributed by atoms with Gasteiger partial charge in [-0.1, -0.05) is 0 Å². The molecule has 0 aliphatic rings. The van der Waals surface area contributed by atoms with Crippen molar-refractivity contribution in [1.29, 1.82) is 0 Å². The van der Waals surface area contributed by atoms with Gasteiger partial charge < -0.3 is 24.6 Å². The number of phenolic OH excluding ortho intramolecular Hbond substituents is 1. The van der Waals surface area contributed by atoms with Crippen LogP contribution in [0.2, 0.25) is 0 Å². The first kappa shape index (κ1) is 15.9. The smallest absolute Gasteiger partial charge is 0.407 e. The van der Waals surface area contributed by atoms with Crippen LogP contribution in [0.4, 0.5) is 4.79 Å². The monoisotopic (exact) mass is 283 g/mol. The molecule has 1 aromatic carbocycles. The Morgan fingerprint density at radius 3 is 2.40 bits per heavy atom. The zero-order valence-electron chi connectivity index (χ0n) is 12.4. The first-order valence-corrected chi connectivity index (χ1v) is 6.17. The topological polar surface area (TPSA) is 77.0 Å². The van der Waals surface area contributed by atoms with Gasteiger partial charge in [0.05, 0.1) is 26.3 Å². The van der Waals surface area contributed by atoms with Crippen molar-refractivity contribution in [2.75, 3.05) is 14.2 Å². The molecule has 6 nitrogen and oxygen atoms in total. The molecule has 0 saturated heterocycles. The van der Waals surface area contributed by atoms with Gasteiger partial charge in [-0.15, -0.1) is 0 Å². The van der Waals surface area contributed by atoms with Crippen LogP contribution in [-0.2, 0) is 11.3 Å². The maximum absolute atomic E-state index is 11.6. The molecular weight excluding hydrogens is 262 g/mol. The molecule has 0 unspecified atom stereocenters. The van der Waals surface area contributed by atoms with E-state index in [4.69, 9.17) is 14.2 Å². The predicted molar refractivity (Wildman–Crippen MR) is 74.3 cm³/mol. The molecule has 20 heavy (non-hydrogen) atoms. The Balaban J connectivity index is 2.80. The van der Waals surface area contributed by atoms with Gasteiger partial charge in [0.2, 0.25) is 0 Å². The van der Waals surface area contributed by atoms with E-state index in [1.54, 1.807) is 26.8 Å². The fraction of sp³-hybridized carbons (Fsp3) is 0.500. The SMILES string of the molecule is COc1cc(O)c(CNC(=O)OC(C)(C)C)c(OC)c1. The van der Waals surface area contributed by atoms with Gasteiger partial charge in [0, 0.05) is 12.1 Å². The number of hydrogen-bond acceptors (Lipinski definition) is 5. The van der Waals surface area contributed by atoms with Crippen LogP contribution >= 0.6 is 0 Å². The minimum Gasteiger partial charge on any atom is -0.507 e. The highest BCUT2D eigenvalue weighted by atomic mass is 16.6. The quantitative estimate of drug-likeness (QED) is 0.887. The van der Waals surface area contributed by atoms with Crippen molar-refractivity contribution in [2.24, 2.45) is 0 Å². The Bertz CT molecular complexity index is 479. The summed E-state index contributed by atoms with van der Waals surface area (Å²) in [6.45, 7) is 5.42. The number of ether oxygens (including phenoxy) is 3. The van der Waals surface area contributed by atoms with Crippen LogP contribution in [0.5, 0.6) is 17.2 Å². The molecule has 0 aliphatic heterocycles. The second kappa shape index (κ2) is 6.36. The molecule has 0 atom stereocenters. The summed E-state index contributed by atoms with van der Waals surface area (Å²) in [7, 11) is 2.97. The third-order valence-corrected chi connectivity index (χ3v) is 2.42. The van der Waals surface area contributed by atoms with E-state index in [0.717, 1.165) is 0 Å². The first-order valence-electron chi connectivity index (χ1n) is 6.17. The Labute approximate surface area is 118 Å². The Hall–Kier alpha value is -2.11. The Morgan fingerprint density at radius 1 is 1.25 bits per heavy atom. The number of methoxy groups -OCH3 is 2. The third-order valence-electron chi connectivity index (χ3n) is 2.42. The lowest BCUT2D eigenvalue weighted by Gasteiger charge is -2.20. The van der Waals surface area contributed by atoms with Crippen molar-refractivity contribution in [3.8, 4) is 17.2 Å². The number of amides is 1. The summed E-state index contributed by atoms with van der Waals surface area (Å²) in [6, 6.07) is 3.08. The van der Waals surface area contributed by atoms with E-state index in [-0.39, 0.29) is 12.3 Å². The number of carbonyl (C=O) groups is 1. The molecule has 0 bridgehead atoms. The highest BCUT2D eigenvalue weighted by molar-refractivity contribution is 5.68. The molecule has 0 aliphatic carbocycles. The minimum atomic E-state index is -0.573. The maximum atomic E-state index is 11.6. The van der Waals surface area contributed by atoms with Gasteiger partial charge in [0.15, 0.2) is 0 Å². The normalized spacial score (nSPS) is 10.8. The van der Waals surface area contributed by atoms with Gasteiger partial charge in [-0.05, 0) is 20.8 Å². The van der Waals surface area contributed by atoms with Crippen molar-refractivity contribution < 1.29 is 24.1 Å². The van der Waals surface area contributed by atoms with Gasteiger partial charge in [0.25, 0.3) is 0 Å². The van der Waals surface area contributed by atoms with Crippen LogP contribution in [0, 0.1) is 0 Å². The summed E-state index contributed by atoms with van der Waals surface area (Å²) < 4.78 is 15.3. The van der Waals surface area contributed by atoms with Crippen LogP contribution in [0.15, 0.2) is 12.1 Å². The number of aromatic hydroxyl groups is 1. The average Bonchev–Trinajstić information content (AvgIpc) is 2.34. The molecule has 2 N–H and O–H groups in total. The molecular formula is C14H21NO5. The van der Waals surface area contributed by atoms with Gasteiger partial charge in [-0.3, -0.25) is 0 Å². The molecule has 0 fully saturated rings. The third kappa shape index (κ3) is 4.53. The Morgan fingerprint density at radius 2 is 1.90 bits per heavy atom. The zero-order chi connectivity index (χ0) is 15.3. The van der Waals surface area contributed by atoms with Crippen LogP contribution < -0.4 is 14.8 Å². The van der Waals surface area contributed by atoms with Gasteiger partial charge in [-0.2, -0.15) is 0 Å². The van der Waals surface area contributed by atoms with Crippen LogP contribution in [0.1, 0.15) is 26.3 Å². The number of hydrogen-bond donors (Lipinski definition) is 2. The van der Waals surface area contributed by atoms with E-state index in [2.05, 4.69) is 5.32 Å². The minimum absolute atomic E-state index is 0.0164. The van der Waals surface area contributed by atoms with E-state index in [9.17, 15) is 9.90 Å². The second-order valence-corrected chi connectivity index (χ2v) is 5.18. The van der Waals surface area contributed by atoms with Gasteiger partial charge in [0.1, 0.15) is 22.8 Å². The summed E-state index contributed by atoms with van der Waals surface area (Å²) in [5.74, 6) is 0.885. The number of alkyl carbamates (subject to hydrolysis) is 1. The van der Waals surface area contributed by atoms with Crippen molar-refractivity contribution in [3.63, 3.8) is 0 Å². The summed E-state index contributed by atoms with van der Waals surface area (Å²) >= 11 is 0. The van der Waals surface area contributed by atoms with Crippen molar-refractivity contribution in [2.45, 2.75) is 32.9 Å². The fourth-order valence-electron chi connectivity index (χ4n) is 1.56. The van der Waals surface area contributed by atoms with Crippen LogP contribution in [0.3, 0.4) is 0 Å². The molecule has 0 spiro atoms. The lowest BCUT2D eigenvalue weighted by atomic mass is 10.1. The zero-order valence-corrected chi connectivity index (χ0v) is 12.4. The van der Waals surface area contributed by atoms with Gasteiger partial charge >= 0.3 is 6.09 Å². The lowest BCUT2D eigenvalue weighted by molar-refractivity contribution is 0.0523. The summed E-state index contributed by atoms with van der Waals surface area (Å²) in [5.41, 5.74) is -0.116. The molecule has 0 radical (unpaired) electrons. The summed E-state index contributed by atoms with van der Waals surface area (Å²) in [4.78, 5) is 11.6. The van der Waals surface area contributed by atoms with E-state index in [1.165, 1.54) is 20.3 Å². The second-order valence-electron chi connectivity index (χ2n) is 5.18. The number of nitrogens with one attached hydrogen (secondary N) is 1. The van der Waals surface area contributed by atoms with Crippen molar-refractivity contribution >= 4 is 6.09 Å². The number of phenols is 1. The largest absolute Gasteiger partial charge is 0.507 e. The number of benzene rings is 1. The summed E-state index contributed by atoms with van der Waals surface area (Å²) in [6.07, 6.45) is -0.560. The predicted octanol–water partition coefficient (Wildman–Crippen LogP) is 2.43. The first-order chi connectivity index (χ1) is 9.26. The fourth-order valence-corrected chi connectivity index (χ4v) is 1.56. The van der Waals surface area contributed by atoms with Crippen LogP contribution in [0.25, 0.3) is 0 Å². The van der Waals surface area contributed by atoms with E-state index in [0.29, 0.717) is 17.1 Å². The lowest BCUT2D eigenvalue weighted by Crippen LogP contribution is -2.32. The molecule has 1 rings (SSSR count). The molecule has 1 aromatic rings. The number of carbonyl (C=O) groups excluding carboxylic acids is 1. The summed E-state index contributed by atoms with van der Waals surface area (Å²) in [5, 5.41) is 12.5. The highest BCUT2D eigenvalue weighted by Gasteiger charge is 2.18. The standard InChI is InChI=1S/C14H21NO5/c1-14(2,3)20-13(17)15-8-10-11(16)6-9(18-4)7-12(10)19-5/h6-7,16H,8H2,1-5H3,(H,15,17). The van der Waals surface area contributed by atoms with E-state index >= 15 is 0 Å². The molecule has 0 heterocycles. The van der Waals surface area contributed by atoms with Crippen LogP contribution in [-0.4, -0.2) is 31.0 Å². The molecule has 0 aromatic heterocycles. The van der Waals surface area contributed by atoms with E-state index in [1.807, 2.05) is 0 Å². The molecule has 6 heteroatoms. The van der Waals surface area contributed by atoms with Crippen molar-refractivity contribution in [1.82, 2.24) is 5.32 Å². The highest BCUT2D eigenvalue weighted by Crippen LogP contribution is 2.33. The average molecular weight is 283 g/mol. The van der Waals surface area contributed by atoms with E-state index < -0.39 is 11.7 Å².